The summed E-state index contributed by atoms with van der Waals surface area (Å²) in [5.41, 5.74) is 0. The van der Waals surface area contributed by atoms with Crippen LogP contribution in [-0.2, 0) is 13.5 Å². The van der Waals surface area contributed by atoms with Crippen molar-refractivity contribution in [2.75, 3.05) is 13.6 Å². The fraction of sp³-hybridized carbons (Fsp3) is 0.778. The maximum atomic E-state index is 4.46. The zero-order chi connectivity index (χ0) is 9.84. The molecule has 0 radical (unpaired) electrons. The van der Waals surface area contributed by atoms with Gasteiger partial charge >= 0.3 is 0 Å². The monoisotopic (exact) mass is 182 g/mol. The maximum Gasteiger partial charge on any atom is 0.152 e. The van der Waals surface area contributed by atoms with E-state index in [2.05, 4.69) is 29.2 Å². The first-order chi connectivity index (χ1) is 6.15. The average Bonchev–Trinajstić information content (AvgIpc) is 2.43. The van der Waals surface area contributed by atoms with Crippen molar-refractivity contribution in [2.45, 2.75) is 26.2 Å². The minimum atomic E-state index is 0.445. The lowest BCUT2D eigenvalue weighted by molar-refractivity contribution is 0.650. The Hall–Kier alpha value is -0.900. The molecule has 0 aliphatic carbocycles. The Morgan fingerprint density at radius 1 is 1.46 bits per heavy atom. The molecule has 74 valence electrons. The number of aromatic nitrogens is 3. The van der Waals surface area contributed by atoms with Gasteiger partial charge in [0, 0.05) is 25.9 Å². The van der Waals surface area contributed by atoms with Crippen molar-refractivity contribution in [3.05, 3.63) is 11.6 Å². The number of aryl methyl sites for hydroxylation is 1. The fourth-order valence-electron chi connectivity index (χ4n) is 1.30. The summed E-state index contributed by atoms with van der Waals surface area (Å²) in [6, 6.07) is 0. The minimum Gasteiger partial charge on any atom is -0.319 e. The van der Waals surface area contributed by atoms with E-state index in [9.17, 15) is 0 Å². The van der Waals surface area contributed by atoms with Gasteiger partial charge in [0.15, 0.2) is 5.82 Å². The van der Waals surface area contributed by atoms with Crippen LogP contribution in [0.5, 0.6) is 0 Å². The van der Waals surface area contributed by atoms with Crippen LogP contribution < -0.4 is 5.32 Å². The summed E-state index contributed by atoms with van der Waals surface area (Å²) in [5.74, 6) is 2.44. The highest BCUT2D eigenvalue weighted by atomic mass is 15.3. The van der Waals surface area contributed by atoms with Crippen LogP contribution >= 0.6 is 0 Å². The molecule has 0 atom stereocenters. The van der Waals surface area contributed by atoms with E-state index in [1.54, 1.807) is 0 Å². The second-order valence-corrected chi connectivity index (χ2v) is 3.52. The third kappa shape index (κ3) is 2.52. The van der Waals surface area contributed by atoms with Gasteiger partial charge < -0.3 is 5.32 Å². The van der Waals surface area contributed by atoms with Crippen LogP contribution in [0.3, 0.4) is 0 Å². The van der Waals surface area contributed by atoms with Gasteiger partial charge in [-0.25, -0.2) is 4.98 Å². The van der Waals surface area contributed by atoms with E-state index in [1.165, 1.54) is 0 Å². The van der Waals surface area contributed by atoms with Gasteiger partial charge in [-0.1, -0.05) is 13.8 Å². The summed E-state index contributed by atoms with van der Waals surface area (Å²) in [4.78, 5) is 4.46. The second-order valence-electron chi connectivity index (χ2n) is 3.52. The van der Waals surface area contributed by atoms with E-state index in [-0.39, 0.29) is 0 Å². The smallest absolute Gasteiger partial charge is 0.152 e. The molecule has 0 amide bonds. The summed E-state index contributed by atoms with van der Waals surface area (Å²) in [6.45, 7) is 5.19. The lowest BCUT2D eigenvalue weighted by Gasteiger charge is -2.00. The number of hydrogen-bond acceptors (Lipinski definition) is 3. The topological polar surface area (TPSA) is 42.7 Å². The van der Waals surface area contributed by atoms with E-state index in [0.717, 1.165) is 24.6 Å². The normalized spacial score (nSPS) is 11.2. The van der Waals surface area contributed by atoms with Gasteiger partial charge in [0.1, 0.15) is 5.82 Å². The highest BCUT2D eigenvalue weighted by Crippen LogP contribution is 2.10. The molecule has 1 aromatic heterocycles. The van der Waals surface area contributed by atoms with Crippen molar-refractivity contribution in [3.8, 4) is 0 Å². The molecule has 1 rings (SSSR count). The predicted octanol–water partition coefficient (Wildman–Crippen LogP) is 0.700. The van der Waals surface area contributed by atoms with Crippen molar-refractivity contribution < 1.29 is 0 Å². The van der Waals surface area contributed by atoms with Gasteiger partial charge in [-0.05, 0) is 7.05 Å². The van der Waals surface area contributed by atoms with Crippen molar-refractivity contribution >= 4 is 0 Å². The molecule has 0 aliphatic heterocycles. The molecule has 0 aromatic carbocycles. The molecule has 13 heavy (non-hydrogen) atoms. The largest absolute Gasteiger partial charge is 0.319 e. The van der Waals surface area contributed by atoms with Crippen LogP contribution in [-0.4, -0.2) is 28.4 Å². The van der Waals surface area contributed by atoms with Crippen LogP contribution in [0.15, 0.2) is 0 Å². The Morgan fingerprint density at radius 3 is 2.62 bits per heavy atom. The Bertz CT molecular complexity index is 265. The number of rotatable bonds is 4. The van der Waals surface area contributed by atoms with Crippen LogP contribution in [0.2, 0.25) is 0 Å². The van der Waals surface area contributed by atoms with E-state index >= 15 is 0 Å². The molecule has 0 unspecified atom stereocenters. The number of nitrogens with one attached hydrogen (secondary N) is 1. The molecule has 4 nitrogen and oxygen atoms in total. The highest BCUT2D eigenvalue weighted by Gasteiger charge is 2.09. The summed E-state index contributed by atoms with van der Waals surface area (Å²) < 4.78 is 1.87. The molecule has 4 heteroatoms. The summed E-state index contributed by atoms with van der Waals surface area (Å²) in [5, 5.41) is 7.42. The molecule has 0 fully saturated rings. The Morgan fingerprint density at radius 2 is 2.15 bits per heavy atom. The first-order valence-corrected chi connectivity index (χ1v) is 4.69. The molecule has 0 saturated carbocycles. The molecule has 0 aliphatic rings. The first kappa shape index (κ1) is 10.2. The first-order valence-electron chi connectivity index (χ1n) is 4.69. The van der Waals surface area contributed by atoms with Crippen LogP contribution in [0.25, 0.3) is 0 Å². The van der Waals surface area contributed by atoms with E-state index in [1.807, 2.05) is 18.8 Å². The van der Waals surface area contributed by atoms with Gasteiger partial charge in [-0.3, -0.25) is 4.68 Å². The van der Waals surface area contributed by atoms with Gasteiger partial charge in [0.25, 0.3) is 0 Å². The predicted molar refractivity (Wildman–Crippen MR) is 52.7 cm³/mol. The lowest BCUT2D eigenvalue weighted by Crippen LogP contribution is -2.11. The Labute approximate surface area is 79.4 Å². The van der Waals surface area contributed by atoms with Gasteiger partial charge in [-0.15, -0.1) is 0 Å². The molecule has 1 aromatic rings. The van der Waals surface area contributed by atoms with Crippen LogP contribution in [0, 0.1) is 0 Å². The third-order valence-corrected chi connectivity index (χ3v) is 1.96. The summed E-state index contributed by atoms with van der Waals surface area (Å²) in [7, 11) is 3.89. The zero-order valence-corrected chi connectivity index (χ0v) is 8.83. The molecule has 1 heterocycles. The van der Waals surface area contributed by atoms with Gasteiger partial charge in [0.05, 0.1) is 0 Å². The fourth-order valence-corrected chi connectivity index (χ4v) is 1.30. The van der Waals surface area contributed by atoms with Crippen molar-refractivity contribution in [1.82, 2.24) is 20.1 Å². The Balaban J connectivity index is 2.71. The quantitative estimate of drug-likeness (QED) is 0.745. The molecular weight excluding hydrogens is 164 g/mol. The number of likely N-dealkylation sites (N-methyl/N-ethyl adjacent to an activating group) is 1. The maximum absolute atomic E-state index is 4.46. The van der Waals surface area contributed by atoms with E-state index in [4.69, 9.17) is 0 Å². The van der Waals surface area contributed by atoms with Crippen molar-refractivity contribution in [1.29, 1.82) is 0 Å². The van der Waals surface area contributed by atoms with E-state index in [0.29, 0.717) is 5.92 Å². The number of hydrogen-bond donors (Lipinski definition) is 1. The summed E-state index contributed by atoms with van der Waals surface area (Å²) in [6.07, 6.45) is 0.900. The molecular formula is C9H18N4. The third-order valence-electron chi connectivity index (χ3n) is 1.96. The van der Waals surface area contributed by atoms with Crippen molar-refractivity contribution in [2.24, 2.45) is 7.05 Å². The van der Waals surface area contributed by atoms with Crippen LogP contribution in [0.1, 0.15) is 31.4 Å². The highest BCUT2D eigenvalue weighted by molar-refractivity contribution is 4.97. The van der Waals surface area contributed by atoms with Crippen LogP contribution in [0.4, 0.5) is 0 Å². The second kappa shape index (κ2) is 4.37. The number of nitrogens with zero attached hydrogens (tertiary/aromatic N) is 3. The standard InChI is InChI=1S/C9H18N4/c1-7(2)9-11-8(5-6-10-3)12-13(9)4/h7,10H,5-6H2,1-4H3. The molecule has 0 spiro atoms. The Kier molecular flexibility index (Phi) is 3.42. The zero-order valence-electron chi connectivity index (χ0n) is 8.83. The minimum absolute atomic E-state index is 0.445. The lowest BCUT2D eigenvalue weighted by atomic mass is 10.2. The molecule has 1 N–H and O–H groups in total. The molecule has 0 saturated heterocycles. The summed E-state index contributed by atoms with van der Waals surface area (Å²) >= 11 is 0. The van der Waals surface area contributed by atoms with Gasteiger partial charge in [-0.2, -0.15) is 5.10 Å². The van der Waals surface area contributed by atoms with Crippen molar-refractivity contribution in [3.63, 3.8) is 0 Å². The van der Waals surface area contributed by atoms with Gasteiger partial charge in [0.2, 0.25) is 0 Å². The SMILES string of the molecule is CNCCc1nc(C(C)C)n(C)n1. The van der Waals surface area contributed by atoms with E-state index < -0.39 is 0 Å². The molecule has 0 bridgehead atoms. The average molecular weight is 182 g/mol.